The van der Waals surface area contributed by atoms with Crippen molar-refractivity contribution in [3.63, 3.8) is 0 Å². The summed E-state index contributed by atoms with van der Waals surface area (Å²) in [7, 11) is 0. The standard InChI is InChI=1S/C6H6ClNO2S.ClH/c7-4-2-1-3(11-4)5(8)6(9)10;/h1-2,5H,8H2,(H,9,10);1H. The van der Waals surface area contributed by atoms with Gasteiger partial charge in [0, 0.05) is 4.88 Å². The molecule has 68 valence electrons. The minimum atomic E-state index is -1.04. The number of hydrogen-bond donors (Lipinski definition) is 2. The SMILES string of the molecule is Cl.NC(C(=O)O)c1ccc(Cl)s1. The van der Waals surface area contributed by atoms with E-state index >= 15 is 0 Å². The molecule has 0 spiro atoms. The number of aliphatic carboxylic acids is 1. The van der Waals surface area contributed by atoms with Gasteiger partial charge in [-0.15, -0.1) is 23.7 Å². The van der Waals surface area contributed by atoms with Crippen LogP contribution in [0.15, 0.2) is 12.1 Å². The molecule has 0 bridgehead atoms. The summed E-state index contributed by atoms with van der Waals surface area (Å²) in [5.41, 5.74) is 5.30. The second-order valence-electron chi connectivity index (χ2n) is 1.96. The number of carboxylic acids is 1. The van der Waals surface area contributed by atoms with Gasteiger partial charge >= 0.3 is 5.97 Å². The molecule has 1 aromatic heterocycles. The number of carbonyl (C=O) groups is 1. The Hall–Kier alpha value is -0.290. The first kappa shape index (κ1) is 11.7. The van der Waals surface area contributed by atoms with Crippen molar-refractivity contribution >= 4 is 41.3 Å². The van der Waals surface area contributed by atoms with Crippen molar-refractivity contribution in [3.05, 3.63) is 21.3 Å². The van der Waals surface area contributed by atoms with E-state index in [0.717, 1.165) is 0 Å². The van der Waals surface area contributed by atoms with Crippen LogP contribution in [0.4, 0.5) is 0 Å². The Kier molecular flexibility index (Phi) is 4.55. The second kappa shape index (κ2) is 4.67. The molecule has 1 heterocycles. The molecule has 12 heavy (non-hydrogen) atoms. The summed E-state index contributed by atoms with van der Waals surface area (Å²) < 4.78 is 0.553. The maximum absolute atomic E-state index is 10.3. The van der Waals surface area contributed by atoms with Gasteiger partial charge in [0.15, 0.2) is 0 Å². The Morgan fingerprint density at radius 3 is 2.58 bits per heavy atom. The van der Waals surface area contributed by atoms with Crippen molar-refractivity contribution in [1.82, 2.24) is 0 Å². The van der Waals surface area contributed by atoms with E-state index in [0.29, 0.717) is 9.21 Å². The summed E-state index contributed by atoms with van der Waals surface area (Å²) in [5, 5.41) is 8.48. The van der Waals surface area contributed by atoms with Crippen LogP contribution in [-0.2, 0) is 4.79 Å². The minimum Gasteiger partial charge on any atom is -0.480 e. The van der Waals surface area contributed by atoms with E-state index < -0.39 is 12.0 Å². The molecule has 1 unspecified atom stereocenters. The van der Waals surface area contributed by atoms with Crippen LogP contribution in [0, 0.1) is 0 Å². The Morgan fingerprint density at radius 1 is 1.67 bits per heavy atom. The summed E-state index contributed by atoms with van der Waals surface area (Å²) in [5.74, 6) is -1.04. The number of carboxylic acid groups (broad SMARTS) is 1. The average Bonchev–Trinajstić information content (AvgIpc) is 2.34. The highest BCUT2D eigenvalue weighted by molar-refractivity contribution is 7.16. The molecule has 0 aliphatic rings. The van der Waals surface area contributed by atoms with Crippen LogP contribution in [0.1, 0.15) is 10.9 Å². The van der Waals surface area contributed by atoms with Crippen LogP contribution in [-0.4, -0.2) is 11.1 Å². The van der Waals surface area contributed by atoms with Gasteiger partial charge in [0.05, 0.1) is 4.34 Å². The molecule has 0 radical (unpaired) electrons. The van der Waals surface area contributed by atoms with Gasteiger partial charge in [0.2, 0.25) is 0 Å². The second-order valence-corrected chi connectivity index (χ2v) is 3.70. The normalized spacial score (nSPS) is 11.8. The highest BCUT2D eigenvalue weighted by Gasteiger charge is 2.15. The fourth-order valence-electron chi connectivity index (χ4n) is 0.617. The van der Waals surface area contributed by atoms with Crippen LogP contribution in [0.2, 0.25) is 4.34 Å². The summed E-state index contributed by atoms with van der Waals surface area (Å²) >= 11 is 6.76. The summed E-state index contributed by atoms with van der Waals surface area (Å²) in [6.07, 6.45) is 0. The molecule has 3 N–H and O–H groups in total. The van der Waals surface area contributed by atoms with E-state index in [1.54, 1.807) is 12.1 Å². The first-order chi connectivity index (χ1) is 5.11. The van der Waals surface area contributed by atoms with E-state index in [2.05, 4.69) is 0 Å². The van der Waals surface area contributed by atoms with Crippen LogP contribution >= 0.6 is 35.3 Å². The quantitative estimate of drug-likeness (QED) is 0.812. The molecular weight excluding hydrogens is 221 g/mol. The van der Waals surface area contributed by atoms with Crippen LogP contribution in [0.3, 0.4) is 0 Å². The minimum absolute atomic E-state index is 0. The molecule has 6 heteroatoms. The average molecular weight is 228 g/mol. The van der Waals surface area contributed by atoms with Crippen molar-refractivity contribution in [3.8, 4) is 0 Å². The predicted molar refractivity (Wildman–Crippen MR) is 51.1 cm³/mol. The lowest BCUT2D eigenvalue weighted by Gasteiger charge is -2.00. The predicted octanol–water partition coefficient (Wildman–Crippen LogP) is 1.91. The van der Waals surface area contributed by atoms with E-state index in [9.17, 15) is 4.79 Å². The fourth-order valence-corrected chi connectivity index (χ4v) is 1.67. The molecular formula is C6H7Cl2NO2S. The topological polar surface area (TPSA) is 63.3 Å². The number of hydrogen-bond acceptors (Lipinski definition) is 3. The van der Waals surface area contributed by atoms with Gasteiger partial charge in [-0.05, 0) is 12.1 Å². The summed E-state index contributed by atoms with van der Waals surface area (Å²) in [6.45, 7) is 0. The van der Waals surface area contributed by atoms with Gasteiger partial charge in [-0.2, -0.15) is 0 Å². The number of rotatable bonds is 2. The smallest absolute Gasteiger partial charge is 0.325 e. The van der Waals surface area contributed by atoms with Crippen LogP contribution < -0.4 is 5.73 Å². The lowest BCUT2D eigenvalue weighted by Crippen LogP contribution is -2.19. The Labute approximate surface area is 84.6 Å². The van der Waals surface area contributed by atoms with Gasteiger partial charge in [-0.25, -0.2) is 0 Å². The molecule has 1 atom stereocenters. The zero-order valence-corrected chi connectivity index (χ0v) is 8.25. The molecule has 0 saturated carbocycles. The van der Waals surface area contributed by atoms with Gasteiger partial charge < -0.3 is 10.8 Å². The maximum atomic E-state index is 10.3. The van der Waals surface area contributed by atoms with Crippen molar-refractivity contribution in [2.24, 2.45) is 5.73 Å². The molecule has 0 aliphatic carbocycles. The first-order valence-electron chi connectivity index (χ1n) is 2.85. The molecule has 3 nitrogen and oxygen atoms in total. The van der Waals surface area contributed by atoms with Crippen LogP contribution in [0.25, 0.3) is 0 Å². The monoisotopic (exact) mass is 227 g/mol. The highest BCUT2D eigenvalue weighted by Crippen LogP contribution is 2.25. The number of nitrogens with two attached hydrogens (primary N) is 1. The third kappa shape index (κ3) is 2.64. The van der Waals surface area contributed by atoms with Gasteiger partial charge in [0.25, 0.3) is 0 Å². The molecule has 0 saturated heterocycles. The van der Waals surface area contributed by atoms with Gasteiger partial charge in [0.1, 0.15) is 6.04 Å². The fraction of sp³-hybridized carbons (Fsp3) is 0.167. The first-order valence-corrected chi connectivity index (χ1v) is 4.04. The van der Waals surface area contributed by atoms with E-state index in [1.807, 2.05) is 0 Å². The third-order valence-corrected chi connectivity index (χ3v) is 2.48. The summed E-state index contributed by atoms with van der Waals surface area (Å²) in [6, 6.07) is 2.29. The van der Waals surface area contributed by atoms with Crippen molar-refractivity contribution in [1.29, 1.82) is 0 Å². The zero-order valence-electron chi connectivity index (χ0n) is 5.86. The Bertz CT molecular complexity index is 276. The van der Waals surface area contributed by atoms with Gasteiger partial charge in [-0.1, -0.05) is 11.6 Å². The maximum Gasteiger partial charge on any atom is 0.325 e. The van der Waals surface area contributed by atoms with Crippen LogP contribution in [0.5, 0.6) is 0 Å². The molecule has 0 fully saturated rings. The Morgan fingerprint density at radius 2 is 2.25 bits per heavy atom. The number of thiophene rings is 1. The lowest BCUT2D eigenvalue weighted by atomic mass is 10.3. The zero-order chi connectivity index (χ0) is 8.43. The van der Waals surface area contributed by atoms with Crippen molar-refractivity contribution in [2.45, 2.75) is 6.04 Å². The molecule has 0 aliphatic heterocycles. The largest absolute Gasteiger partial charge is 0.480 e. The van der Waals surface area contributed by atoms with Crippen molar-refractivity contribution in [2.75, 3.05) is 0 Å². The molecule has 1 rings (SSSR count). The summed E-state index contributed by atoms with van der Waals surface area (Å²) in [4.78, 5) is 10.9. The molecule has 0 amide bonds. The lowest BCUT2D eigenvalue weighted by molar-refractivity contribution is -0.138. The molecule has 0 aromatic carbocycles. The van der Waals surface area contributed by atoms with Crippen molar-refractivity contribution < 1.29 is 9.90 Å². The molecule has 1 aromatic rings. The highest BCUT2D eigenvalue weighted by atomic mass is 35.5. The third-order valence-electron chi connectivity index (χ3n) is 1.17. The van der Waals surface area contributed by atoms with E-state index in [-0.39, 0.29) is 12.4 Å². The Balaban J connectivity index is 0.00000121. The van der Waals surface area contributed by atoms with E-state index in [4.69, 9.17) is 22.4 Å². The van der Waals surface area contributed by atoms with Gasteiger partial charge in [-0.3, -0.25) is 4.79 Å². The van der Waals surface area contributed by atoms with E-state index in [1.165, 1.54) is 11.3 Å². The number of halogens is 2.